The Bertz CT molecular complexity index is 884. The number of hydrogen-bond donors (Lipinski definition) is 0. The lowest BCUT2D eigenvalue weighted by Gasteiger charge is -2.04. The minimum Gasteiger partial charge on any atom is -0.252 e. The first-order valence-electron chi connectivity index (χ1n) is 6.66. The summed E-state index contributed by atoms with van der Waals surface area (Å²) in [6.07, 6.45) is 1.90. The van der Waals surface area contributed by atoms with Crippen LogP contribution < -0.4 is 0 Å². The highest BCUT2D eigenvalue weighted by Crippen LogP contribution is 2.16. The molecule has 0 unspecified atom stereocenters. The molecule has 2 aromatic carbocycles. The van der Waals surface area contributed by atoms with Gasteiger partial charge in [0.05, 0.1) is 10.4 Å². The van der Waals surface area contributed by atoms with E-state index >= 15 is 0 Å². The van der Waals surface area contributed by atoms with Crippen molar-refractivity contribution in [1.29, 1.82) is 0 Å². The van der Waals surface area contributed by atoms with Crippen molar-refractivity contribution in [3.8, 4) is 0 Å². The van der Waals surface area contributed by atoms with Crippen molar-refractivity contribution in [3.63, 3.8) is 0 Å². The number of benzene rings is 2. The van der Waals surface area contributed by atoms with Crippen LogP contribution in [0.3, 0.4) is 0 Å². The molecule has 0 saturated heterocycles. The summed E-state index contributed by atoms with van der Waals surface area (Å²) in [6.45, 7) is 0. The second kappa shape index (κ2) is 5.30. The molecule has 0 radical (unpaired) electrons. The maximum absolute atomic E-state index is 11.4. The van der Waals surface area contributed by atoms with Crippen LogP contribution in [0.5, 0.6) is 0 Å². The molecule has 0 aliphatic rings. The highest BCUT2D eigenvalue weighted by Gasteiger charge is 2.06. The number of sulfone groups is 1. The zero-order valence-electron chi connectivity index (χ0n) is 11.7. The van der Waals surface area contributed by atoms with Gasteiger partial charge in [-0.15, -0.1) is 0 Å². The van der Waals surface area contributed by atoms with E-state index in [1.807, 2.05) is 42.5 Å². The summed E-state index contributed by atoms with van der Waals surface area (Å²) in [6, 6.07) is 19.0. The minimum atomic E-state index is -3.14. The summed E-state index contributed by atoms with van der Waals surface area (Å²) >= 11 is 0. The molecule has 0 amide bonds. The Labute approximate surface area is 124 Å². The lowest BCUT2D eigenvalue weighted by Crippen LogP contribution is -1.98. The Morgan fingerprint density at radius 3 is 2.33 bits per heavy atom. The normalized spacial score (nSPS) is 11.7. The monoisotopic (exact) mass is 297 g/mol. The third kappa shape index (κ3) is 3.11. The van der Waals surface area contributed by atoms with E-state index in [1.165, 1.54) is 6.26 Å². The molecule has 0 fully saturated rings. The fourth-order valence-electron chi connectivity index (χ4n) is 2.27. The summed E-state index contributed by atoms with van der Waals surface area (Å²) < 4.78 is 22.9. The Balaban J connectivity index is 1.88. The van der Waals surface area contributed by atoms with Gasteiger partial charge in [-0.05, 0) is 29.8 Å². The average Bonchev–Trinajstić information content (AvgIpc) is 2.47. The quantitative estimate of drug-likeness (QED) is 0.745. The van der Waals surface area contributed by atoms with Gasteiger partial charge in [0.15, 0.2) is 9.84 Å². The maximum atomic E-state index is 11.4. The van der Waals surface area contributed by atoms with Gasteiger partial charge >= 0.3 is 0 Å². The highest BCUT2D eigenvalue weighted by atomic mass is 32.2. The van der Waals surface area contributed by atoms with E-state index in [1.54, 1.807) is 12.1 Å². The minimum absolute atomic E-state index is 0.345. The molecule has 3 nitrogen and oxygen atoms in total. The number of fused-ring (bicyclic) bond motifs is 1. The van der Waals surface area contributed by atoms with Crippen molar-refractivity contribution in [1.82, 2.24) is 4.98 Å². The Morgan fingerprint density at radius 2 is 1.62 bits per heavy atom. The van der Waals surface area contributed by atoms with Crippen molar-refractivity contribution in [3.05, 3.63) is 71.9 Å². The number of nitrogens with zero attached hydrogens (tertiary/aromatic N) is 1. The first-order chi connectivity index (χ1) is 10.0. The summed E-state index contributed by atoms with van der Waals surface area (Å²) in [5.41, 5.74) is 2.99. The maximum Gasteiger partial charge on any atom is 0.175 e. The average molecular weight is 297 g/mol. The third-order valence-electron chi connectivity index (χ3n) is 3.39. The van der Waals surface area contributed by atoms with E-state index in [0.29, 0.717) is 11.3 Å². The summed E-state index contributed by atoms with van der Waals surface area (Å²) in [5.74, 6) is 0. The number of aromatic nitrogens is 1. The molecule has 3 aromatic rings. The Morgan fingerprint density at radius 1 is 0.905 bits per heavy atom. The van der Waals surface area contributed by atoms with Gasteiger partial charge in [0, 0.05) is 23.8 Å². The van der Waals surface area contributed by atoms with Crippen molar-refractivity contribution in [2.24, 2.45) is 0 Å². The summed E-state index contributed by atoms with van der Waals surface area (Å²) in [5, 5.41) is 1.12. The molecule has 0 atom stereocenters. The molecular weight excluding hydrogens is 282 g/mol. The van der Waals surface area contributed by atoms with E-state index in [-0.39, 0.29) is 0 Å². The summed E-state index contributed by atoms with van der Waals surface area (Å²) in [7, 11) is -3.14. The molecule has 106 valence electrons. The van der Waals surface area contributed by atoms with Crippen LogP contribution in [0.4, 0.5) is 0 Å². The summed E-state index contributed by atoms with van der Waals surface area (Å²) in [4.78, 5) is 4.97. The van der Waals surface area contributed by atoms with Crippen molar-refractivity contribution in [2.45, 2.75) is 11.3 Å². The smallest absolute Gasteiger partial charge is 0.175 e. The van der Waals surface area contributed by atoms with Crippen molar-refractivity contribution >= 4 is 20.7 Å². The number of para-hydroxylation sites is 1. The molecular formula is C17H15NO2S. The second-order valence-corrected chi connectivity index (χ2v) is 7.10. The molecule has 0 N–H and O–H groups in total. The van der Waals surface area contributed by atoms with Gasteiger partial charge in [0.2, 0.25) is 0 Å². The molecule has 0 aliphatic carbocycles. The fraction of sp³-hybridized carbons (Fsp3) is 0.118. The third-order valence-corrected chi connectivity index (χ3v) is 4.52. The fourth-order valence-corrected chi connectivity index (χ4v) is 2.90. The lowest BCUT2D eigenvalue weighted by atomic mass is 10.1. The standard InChI is InChI=1S/C17H15NO2S/c1-21(19,20)16-10-6-13(7-11-16)12-15-9-8-14-4-2-3-5-17(14)18-15/h2-11H,12H2,1H3. The van der Waals surface area contributed by atoms with Gasteiger partial charge < -0.3 is 0 Å². The zero-order chi connectivity index (χ0) is 14.9. The highest BCUT2D eigenvalue weighted by molar-refractivity contribution is 7.90. The van der Waals surface area contributed by atoms with Crippen molar-refractivity contribution < 1.29 is 8.42 Å². The molecule has 0 saturated carbocycles. The van der Waals surface area contributed by atoms with E-state index in [4.69, 9.17) is 0 Å². The lowest BCUT2D eigenvalue weighted by molar-refractivity contribution is 0.602. The van der Waals surface area contributed by atoms with E-state index < -0.39 is 9.84 Å². The second-order valence-electron chi connectivity index (χ2n) is 5.09. The SMILES string of the molecule is CS(=O)(=O)c1ccc(Cc2ccc3ccccc3n2)cc1. The molecule has 3 rings (SSSR count). The van der Waals surface area contributed by atoms with Crippen molar-refractivity contribution in [2.75, 3.05) is 6.26 Å². The molecule has 0 aliphatic heterocycles. The zero-order valence-corrected chi connectivity index (χ0v) is 12.5. The number of hydrogen-bond acceptors (Lipinski definition) is 3. The molecule has 0 bridgehead atoms. The molecule has 1 aromatic heterocycles. The van der Waals surface area contributed by atoms with Gasteiger partial charge in [0.25, 0.3) is 0 Å². The van der Waals surface area contributed by atoms with Gasteiger partial charge in [-0.2, -0.15) is 0 Å². The van der Waals surface area contributed by atoms with Crippen LogP contribution in [0.1, 0.15) is 11.3 Å². The number of pyridine rings is 1. The molecule has 1 heterocycles. The first-order valence-corrected chi connectivity index (χ1v) is 8.55. The van der Waals surface area contributed by atoms with Crippen LogP contribution in [0.15, 0.2) is 65.6 Å². The molecule has 4 heteroatoms. The van der Waals surface area contributed by atoms with E-state index in [9.17, 15) is 8.42 Å². The van der Waals surface area contributed by atoms with Crippen LogP contribution in [0, 0.1) is 0 Å². The molecule has 0 spiro atoms. The topological polar surface area (TPSA) is 47.0 Å². The van der Waals surface area contributed by atoms with Crippen LogP contribution in [0.2, 0.25) is 0 Å². The van der Waals surface area contributed by atoms with Crippen LogP contribution >= 0.6 is 0 Å². The Hall–Kier alpha value is -2.20. The van der Waals surface area contributed by atoms with Crippen LogP contribution in [-0.2, 0) is 16.3 Å². The van der Waals surface area contributed by atoms with E-state index in [0.717, 1.165) is 22.2 Å². The predicted octanol–water partition coefficient (Wildman–Crippen LogP) is 3.23. The Kier molecular flexibility index (Phi) is 3.47. The largest absolute Gasteiger partial charge is 0.252 e. The predicted molar refractivity (Wildman–Crippen MR) is 84.1 cm³/mol. The first kappa shape index (κ1) is 13.8. The van der Waals surface area contributed by atoms with E-state index in [2.05, 4.69) is 11.1 Å². The van der Waals surface area contributed by atoms with Gasteiger partial charge in [0.1, 0.15) is 0 Å². The van der Waals surface area contributed by atoms with Gasteiger partial charge in [-0.25, -0.2) is 8.42 Å². The molecule has 21 heavy (non-hydrogen) atoms. The number of rotatable bonds is 3. The van der Waals surface area contributed by atoms with Gasteiger partial charge in [-0.3, -0.25) is 4.98 Å². The van der Waals surface area contributed by atoms with Crippen LogP contribution in [-0.4, -0.2) is 19.7 Å². The van der Waals surface area contributed by atoms with Crippen LogP contribution in [0.25, 0.3) is 10.9 Å². The van der Waals surface area contributed by atoms with Gasteiger partial charge in [-0.1, -0.05) is 36.4 Å².